The molecule has 1 aromatic carbocycles. The number of thioether (sulfide) groups is 1. The van der Waals surface area contributed by atoms with E-state index in [9.17, 15) is 4.39 Å². The van der Waals surface area contributed by atoms with Crippen molar-refractivity contribution in [2.75, 3.05) is 19.5 Å². The van der Waals surface area contributed by atoms with Gasteiger partial charge in [-0.25, -0.2) is 0 Å². The first-order valence-corrected chi connectivity index (χ1v) is 7.26. The van der Waals surface area contributed by atoms with Crippen molar-refractivity contribution in [3.63, 3.8) is 0 Å². The molecule has 0 aliphatic rings. The minimum absolute atomic E-state index is 0.139. The third-order valence-corrected chi connectivity index (χ3v) is 4.68. The Morgan fingerprint density at radius 2 is 2.17 bits per heavy atom. The molecule has 2 rings (SSSR count). The highest BCUT2D eigenvalue weighted by Crippen LogP contribution is 2.38. The minimum Gasteiger partial charge on any atom is -0.496 e. The van der Waals surface area contributed by atoms with Gasteiger partial charge in [-0.1, -0.05) is 6.07 Å². The standard InChI is InChI=1S/C13H14FNOS2/c1-15-10-4-3-5-11(16-2)13(10)17-8-9-6-7-12(14)18-9/h3-7,15H,8H2,1-2H3. The Kier molecular flexibility index (Phi) is 4.49. The fraction of sp³-hybridized carbons (Fsp3) is 0.231. The van der Waals surface area contributed by atoms with Crippen LogP contribution in [-0.2, 0) is 5.75 Å². The van der Waals surface area contributed by atoms with Crippen LogP contribution >= 0.6 is 23.1 Å². The van der Waals surface area contributed by atoms with Crippen LogP contribution in [0.15, 0.2) is 35.2 Å². The zero-order chi connectivity index (χ0) is 13.0. The summed E-state index contributed by atoms with van der Waals surface area (Å²) in [4.78, 5) is 2.07. The van der Waals surface area contributed by atoms with Gasteiger partial charge in [-0.2, -0.15) is 4.39 Å². The molecule has 1 N–H and O–H groups in total. The number of nitrogens with one attached hydrogen (secondary N) is 1. The van der Waals surface area contributed by atoms with Gasteiger partial charge >= 0.3 is 0 Å². The van der Waals surface area contributed by atoms with Crippen molar-refractivity contribution in [1.82, 2.24) is 0 Å². The van der Waals surface area contributed by atoms with E-state index in [0.717, 1.165) is 27.0 Å². The summed E-state index contributed by atoms with van der Waals surface area (Å²) in [6, 6.07) is 9.20. The number of hydrogen-bond acceptors (Lipinski definition) is 4. The van der Waals surface area contributed by atoms with E-state index >= 15 is 0 Å². The van der Waals surface area contributed by atoms with Gasteiger partial charge in [0.25, 0.3) is 0 Å². The third-order valence-electron chi connectivity index (χ3n) is 2.46. The van der Waals surface area contributed by atoms with Gasteiger partial charge in [0, 0.05) is 17.7 Å². The van der Waals surface area contributed by atoms with Gasteiger partial charge in [-0.05, 0) is 24.3 Å². The lowest BCUT2D eigenvalue weighted by Crippen LogP contribution is -1.94. The van der Waals surface area contributed by atoms with Gasteiger partial charge in [-0.3, -0.25) is 0 Å². The van der Waals surface area contributed by atoms with Crippen molar-refractivity contribution < 1.29 is 9.13 Å². The Morgan fingerprint density at radius 1 is 1.33 bits per heavy atom. The van der Waals surface area contributed by atoms with Crippen LogP contribution in [0.4, 0.5) is 10.1 Å². The average molecular weight is 283 g/mol. The molecule has 2 aromatic rings. The van der Waals surface area contributed by atoms with Crippen molar-refractivity contribution in [3.8, 4) is 5.75 Å². The molecule has 0 radical (unpaired) electrons. The molecule has 0 bridgehead atoms. The van der Waals surface area contributed by atoms with E-state index in [0.29, 0.717) is 0 Å². The van der Waals surface area contributed by atoms with E-state index in [1.807, 2.05) is 31.3 Å². The molecule has 1 heterocycles. The summed E-state index contributed by atoms with van der Waals surface area (Å²) >= 11 is 2.83. The maximum atomic E-state index is 12.9. The Hall–Kier alpha value is -1.20. The zero-order valence-corrected chi connectivity index (χ0v) is 11.8. The number of hydrogen-bond donors (Lipinski definition) is 1. The van der Waals surface area contributed by atoms with Crippen molar-refractivity contribution in [3.05, 3.63) is 40.3 Å². The lowest BCUT2D eigenvalue weighted by Gasteiger charge is -2.12. The summed E-state index contributed by atoms with van der Waals surface area (Å²) in [5.41, 5.74) is 1.02. The molecule has 1 aromatic heterocycles. The van der Waals surface area contributed by atoms with E-state index in [-0.39, 0.29) is 5.13 Å². The van der Waals surface area contributed by atoms with Crippen LogP contribution in [0.5, 0.6) is 5.75 Å². The molecule has 0 fully saturated rings. The maximum absolute atomic E-state index is 12.9. The summed E-state index contributed by atoms with van der Waals surface area (Å²) in [6.07, 6.45) is 0. The second kappa shape index (κ2) is 6.11. The number of benzene rings is 1. The highest BCUT2D eigenvalue weighted by Gasteiger charge is 2.09. The van der Waals surface area contributed by atoms with Gasteiger partial charge in [0.1, 0.15) is 5.75 Å². The Bertz CT molecular complexity index is 505. The van der Waals surface area contributed by atoms with Crippen molar-refractivity contribution in [2.24, 2.45) is 0 Å². The first-order valence-electron chi connectivity index (χ1n) is 5.46. The Labute approximate surface area is 114 Å². The Morgan fingerprint density at radius 3 is 2.78 bits per heavy atom. The summed E-state index contributed by atoms with van der Waals surface area (Å²) < 4.78 is 18.3. The van der Waals surface area contributed by atoms with E-state index in [2.05, 4.69) is 5.32 Å². The van der Waals surface area contributed by atoms with Crippen molar-refractivity contribution in [2.45, 2.75) is 10.6 Å². The Balaban J connectivity index is 2.17. The number of thiophene rings is 1. The fourth-order valence-electron chi connectivity index (χ4n) is 1.59. The lowest BCUT2D eigenvalue weighted by atomic mass is 10.3. The molecule has 0 saturated carbocycles. The molecule has 0 saturated heterocycles. The maximum Gasteiger partial charge on any atom is 0.176 e. The van der Waals surface area contributed by atoms with Gasteiger partial charge in [-0.15, -0.1) is 23.1 Å². The van der Waals surface area contributed by atoms with Crippen LogP contribution in [-0.4, -0.2) is 14.2 Å². The number of halogens is 1. The summed E-state index contributed by atoms with van der Waals surface area (Å²) in [6.45, 7) is 0. The van der Waals surface area contributed by atoms with Crippen LogP contribution in [0.1, 0.15) is 4.88 Å². The highest BCUT2D eigenvalue weighted by molar-refractivity contribution is 7.98. The van der Waals surface area contributed by atoms with Gasteiger partial charge < -0.3 is 10.1 Å². The van der Waals surface area contributed by atoms with Crippen LogP contribution in [0, 0.1) is 5.13 Å². The fourth-order valence-corrected chi connectivity index (χ4v) is 3.53. The second-order valence-corrected chi connectivity index (χ2v) is 5.69. The SMILES string of the molecule is CNc1cccc(OC)c1SCc1ccc(F)s1. The first kappa shape index (κ1) is 13.2. The minimum atomic E-state index is -0.139. The summed E-state index contributed by atoms with van der Waals surface area (Å²) in [5, 5.41) is 3.00. The molecule has 2 nitrogen and oxygen atoms in total. The predicted molar refractivity (Wildman–Crippen MR) is 76.4 cm³/mol. The third kappa shape index (κ3) is 2.97. The molecule has 0 amide bonds. The van der Waals surface area contributed by atoms with Crippen LogP contribution in [0.2, 0.25) is 0 Å². The molecule has 0 unspecified atom stereocenters. The van der Waals surface area contributed by atoms with Crippen molar-refractivity contribution >= 4 is 28.8 Å². The van der Waals surface area contributed by atoms with E-state index in [1.165, 1.54) is 17.4 Å². The monoisotopic (exact) mass is 283 g/mol. The molecular formula is C13H14FNOS2. The van der Waals surface area contributed by atoms with E-state index in [4.69, 9.17) is 4.74 Å². The van der Waals surface area contributed by atoms with Crippen molar-refractivity contribution in [1.29, 1.82) is 0 Å². The lowest BCUT2D eigenvalue weighted by molar-refractivity contribution is 0.405. The molecule has 0 spiro atoms. The van der Waals surface area contributed by atoms with Crippen LogP contribution in [0.25, 0.3) is 0 Å². The molecule has 5 heteroatoms. The molecule has 0 aliphatic carbocycles. The quantitative estimate of drug-likeness (QED) is 0.830. The number of anilines is 1. The molecule has 0 aliphatic heterocycles. The topological polar surface area (TPSA) is 21.3 Å². The molecular weight excluding hydrogens is 269 g/mol. The summed E-state index contributed by atoms with van der Waals surface area (Å²) in [7, 11) is 3.54. The number of methoxy groups -OCH3 is 1. The van der Waals surface area contributed by atoms with Gasteiger partial charge in [0.05, 0.1) is 17.7 Å². The largest absolute Gasteiger partial charge is 0.496 e. The number of ether oxygens (including phenoxy) is 1. The van der Waals surface area contributed by atoms with Crippen LogP contribution in [0.3, 0.4) is 0 Å². The molecule has 96 valence electrons. The highest BCUT2D eigenvalue weighted by atomic mass is 32.2. The smallest absolute Gasteiger partial charge is 0.176 e. The first-order chi connectivity index (χ1) is 8.74. The predicted octanol–water partition coefficient (Wildman–Crippen LogP) is 4.23. The molecule has 18 heavy (non-hydrogen) atoms. The van der Waals surface area contributed by atoms with Gasteiger partial charge in [0.15, 0.2) is 5.13 Å². The normalized spacial score (nSPS) is 10.4. The van der Waals surface area contributed by atoms with Gasteiger partial charge in [0.2, 0.25) is 0 Å². The van der Waals surface area contributed by atoms with Crippen LogP contribution < -0.4 is 10.1 Å². The zero-order valence-electron chi connectivity index (χ0n) is 10.2. The van der Waals surface area contributed by atoms with E-state index < -0.39 is 0 Å². The average Bonchev–Trinajstić information content (AvgIpc) is 2.81. The van der Waals surface area contributed by atoms with E-state index in [1.54, 1.807) is 18.9 Å². The molecule has 0 atom stereocenters. The number of rotatable bonds is 5. The summed E-state index contributed by atoms with van der Waals surface area (Å²) in [5.74, 6) is 1.58. The second-order valence-electron chi connectivity index (χ2n) is 3.58.